The van der Waals surface area contributed by atoms with Gasteiger partial charge in [-0.2, -0.15) is 0 Å². The van der Waals surface area contributed by atoms with Gasteiger partial charge in [-0.05, 0) is 74.5 Å². The highest BCUT2D eigenvalue weighted by atomic mass is 35.5. The molecule has 0 radical (unpaired) electrons. The second-order valence-electron chi connectivity index (χ2n) is 11.7. The summed E-state index contributed by atoms with van der Waals surface area (Å²) in [7, 11) is 3.19. The fourth-order valence-electron chi connectivity index (χ4n) is 7.04. The van der Waals surface area contributed by atoms with Gasteiger partial charge in [0.15, 0.2) is 0 Å². The maximum Gasteiger partial charge on any atom is 0.254 e. The fourth-order valence-corrected chi connectivity index (χ4v) is 7.35. The Morgan fingerprint density at radius 2 is 1.63 bits per heavy atom. The van der Waals surface area contributed by atoms with E-state index >= 15 is 0 Å². The average molecular weight is 625 g/mol. The molecule has 43 heavy (non-hydrogen) atoms. The Labute approximate surface area is 263 Å². The van der Waals surface area contributed by atoms with Gasteiger partial charge >= 0.3 is 0 Å². The molecular formula is C34H39Cl2N3O4. The number of hydrogen-bond donors (Lipinski definition) is 1. The van der Waals surface area contributed by atoms with Gasteiger partial charge in [0, 0.05) is 42.7 Å². The van der Waals surface area contributed by atoms with Crippen LogP contribution in [0.1, 0.15) is 52.7 Å². The number of ether oxygens (including phenoxy) is 2. The van der Waals surface area contributed by atoms with Crippen LogP contribution in [-0.2, 0) is 10.2 Å². The van der Waals surface area contributed by atoms with Gasteiger partial charge in [-0.25, -0.2) is 0 Å². The summed E-state index contributed by atoms with van der Waals surface area (Å²) >= 11 is 12.8. The molecule has 0 aromatic heterocycles. The van der Waals surface area contributed by atoms with Crippen molar-refractivity contribution in [2.24, 2.45) is 11.7 Å². The number of nitrogens with zero attached hydrogens (tertiary/aromatic N) is 2. The molecule has 228 valence electrons. The Kier molecular flexibility index (Phi) is 9.26. The molecule has 4 unspecified atom stereocenters. The van der Waals surface area contributed by atoms with Crippen LogP contribution < -0.4 is 15.2 Å². The van der Waals surface area contributed by atoms with Crippen molar-refractivity contribution in [2.75, 3.05) is 40.4 Å². The molecule has 2 aliphatic heterocycles. The molecule has 2 heterocycles. The number of piperidine rings is 1. The minimum Gasteiger partial charge on any atom is -0.496 e. The van der Waals surface area contributed by atoms with Crippen LogP contribution >= 0.6 is 23.2 Å². The molecular weight excluding hydrogens is 585 g/mol. The molecule has 0 bridgehead atoms. The number of carbonyl (C=O) groups is 2. The normalized spacial score (nSPS) is 23.2. The Bertz CT molecular complexity index is 1480. The minimum absolute atomic E-state index is 0.0320. The quantitative estimate of drug-likeness (QED) is 0.328. The number of halogens is 2. The standard InChI is InChI=1S/C34H39Cl2N3O4/c1-21-30(42-3)17-25(18-31(21)43-4)32(40)39-14-12-24(19-39)22(2)38-15-13-34(33(37)41,26-8-6-5-7-9-26)27(20-38)23-10-11-28(35)29(36)16-23/h5-11,16-18,22,24,27H,12-15,19-20H2,1-4H3,(H2,37,41). The lowest BCUT2D eigenvalue weighted by molar-refractivity contribution is -0.126. The van der Waals surface area contributed by atoms with E-state index in [2.05, 4.69) is 11.8 Å². The molecule has 3 aromatic rings. The van der Waals surface area contributed by atoms with Crippen molar-refractivity contribution in [3.05, 3.63) is 93.0 Å². The van der Waals surface area contributed by atoms with E-state index in [0.717, 1.165) is 23.1 Å². The third kappa shape index (κ3) is 5.83. The van der Waals surface area contributed by atoms with Gasteiger partial charge in [0.25, 0.3) is 5.91 Å². The van der Waals surface area contributed by atoms with Crippen LogP contribution in [0.3, 0.4) is 0 Å². The molecule has 2 N–H and O–H groups in total. The largest absolute Gasteiger partial charge is 0.496 e. The van der Waals surface area contributed by atoms with E-state index in [9.17, 15) is 9.59 Å². The average Bonchev–Trinajstić information content (AvgIpc) is 3.52. The van der Waals surface area contributed by atoms with Crippen LogP contribution in [0.4, 0.5) is 0 Å². The van der Waals surface area contributed by atoms with Crippen molar-refractivity contribution >= 4 is 35.0 Å². The van der Waals surface area contributed by atoms with Crippen LogP contribution in [0.25, 0.3) is 0 Å². The van der Waals surface area contributed by atoms with E-state index in [4.69, 9.17) is 38.4 Å². The number of benzene rings is 3. The van der Waals surface area contributed by atoms with Gasteiger partial charge in [-0.3, -0.25) is 14.5 Å². The van der Waals surface area contributed by atoms with Crippen molar-refractivity contribution < 1.29 is 19.1 Å². The van der Waals surface area contributed by atoms with E-state index < -0.39 is 5.41 Å². The van der Waals surface area contributed by atoms with Crippen molar-refractivity contribution in [2.45, 2.75) is 44.1 Å². The van der Waals surface area contributed by atoms with Crippen molar-refractivity contribution in [1.82, 2.24) is 9.80 Å². The maximum absolute atomic E-state index is 13.6. The van der Waals surface area contributed by atoms with Crippen LogP contribution in [0.5, 0.6) is 11.5 Å². The number of methoxy groups -OCH3 is 2. The lowest BCUT2D eigenvalue weighted by Gasteiger charge is -2.49. The second-order valence-corrected chi connectivity index (χ2v) is 12.5. The lowest BCUT2D eigenvalue weighted by atomic mass is 9.62. The van der Waals surface area contributed by atoms with E-state index in [-0.39, 0.29) is 29.7 Å². The molecule has 0 aliphatic carbocycles. The Morgan fingerprint density at radius 1 is 0.953 bits per heavy atom. The summed E-state index contributed by atoms with van der Waals surface area (Å²) in [6.45, 7) is 6.77. The lowest BCUT2D eigenvalue weighted by Crippen LogP contribution is -2.57. The topological polar surface area (TPSA) is 85.1 Å². The smallest absolute Gasteiger partial charge is 0.254 e. The van der Waals surface area contributed by atoms with Crippen molar-refractivity contribution in [1.29, 1.82) is 0 Å². The number of amides is 2. The highest BCUT2D eigenvalue weighted by Gasteiger charge is 2.51. The van der Waals surface area contributed by atoms with Crippen LogP contribution in [0.2, 0.25) is 10.0 Å². The third-order valence-corrected chi connectivity index (χ3v) is 10.4. The van der Waals surface area contributed by atoms with Crippen LogP contribution in [0, 0.1) is 12.8 Å². The number of hydrogen-bond acceptors (Lipinski definition) is 5. The van der Waals surface area contributed by atoms with Gasteiger partial charge in [0.1, 0.15) is 11.5 Å². The molecule has 2 fully saturated rings. The summed E-state index contributed by atoms with van der Waals surface area (Å²) in [4.78, 5) is 31.3. The van der Waals surface area contributed by atoms with E-state index in [1.807, 2.05) is 54.3 Å². The third-order valence-electron chi connectivity index (χ3n) is 9.65. The zero-order valence-electron chi connectivity index (χ0n) is 25.1. The van der Waals surface area contributed by atoms with Gasteiger partial charge in [-0.15, -0.1) is 0 Å². The summed E-state index contributed by atoms with van der Waals surface area (Å²) in [5.41, 5.74) is 8.61. The van der Waals surface area contributed by atoms with Gasteiger partial charge in [-0.1, -0.05) is 59.6 Å². The fraction of sp³-hybridized carbons (Fsp3) is 0.412. The molecule has 2 aliphatic rings. The molecule has 9 heteroatoms. The zero-order chi connectivity index (χ0) is 30.9. The highest BCUT2D eigenvalue weighted by Crippen LogP contribution is 2.47. The Morgan fingerprint density at radius 3 is 2.23 bits per heavy atom. The number of primary amides is 1. The molecule has 7 nitrogen and oxygen atoms in total. The monoisotopic (exact) mass is 623 g/mol. The molecule has 3 aromatic carbocycles. The molecule has 2 saturated heterocycles. The van der Waals surface area contributed by atoms with Gasteiger partial charge in [0.2, 0.25) is 5.91 Å². The number of likely N-dealkylation sites (tertiary alicyclic amines) is 2. The van der Waals surface area contributed by atoms with Crippen LogP contribution in [0.15, 0.2) is 60.7 Å². The summed E-state index contributed by atoms with van der Waals surface area (Å²) in [6, 6.07) is 19.2. The van der Waals surface area contributed by atoms with Crippen molar-refractivity contribution in [3.63, 3.8) is 0 Å². The van der Waals surface area contributed by atoms with E-state index in [1.165, 1.54) is 0 Å². The summed E-state index contributed by atoms with van der Waals surface area (Å²) < 4.78 is 11.0. The summed E-state index contributed by atoms with van der Waals surface area (Å²) in [5, 5.41) is 0.917. The Hall–Kier alpha value is -3.26. The first-order valence-corrected chi connectivity index (χ1v) is 15.4. The van der Waals surface area contributed by atoms with Crippen molar-refractivity contribution in [3.8, 4) is 11.5 Å². The van der Waals surface area contributed by atoms with Gasteiger partial charge < -0.3 is 20.1 Å². The first-order valence-electron chi connectivity index (χ1n) is 14.7. The van der Waals surface area contributed by atoms with Gasteiger partial charge in [0.05, 0.1) is 29.7 Å². The first kappa shape index (κ1) is 31.2. The number of nitrogens with two attached hydrogens (primary N) is 1. The summed E-state index contributed by atoms with van der Waals surface area (Å²) in [5.74, 6) is 0.921. The second kappa shape index (κ2) is 12.8. The van der Waals surface area contributed by atoms with E-state index in [1.54, 1.807) is 32.4 Å². The SMILES string of the molecule is COc1cc(C(=O)N2CCC(C(C)N3CCC(C(N)=O)(c4ccccc4)C(c4ccc(Cl)c(Cl)c4)C3)C2)cc(OC)c1C. The first-order chi connectivity index (χ1) is 20.6. The number of rotatable bonds is 8. The predicted molar refractivity (Wildman–Crippen MR) is 170 cm³/mol. The predicted octanol–water partition coefficient (Wildman–Crippen LogP) is 6.08. The molecule has 4 atom stereocenters. The molecule has 0 spiro atoms. The highest BCUT2D eigenvalue weighted by molar-refractivity contribution is 6.42. The number of carbonyl (C=O) groups excluding carboxylic acids is 2. The minimum atomic E-state index is -0.893. The molecule has 5 rings (SSSR count). The Balaban J connectivity index is 1.39. The molecule has 2 amide bonds. The van der Waals surface area contributed by atoms with Crippen LogP contribution in [-0.4, -0.2) is 68.1 Å². The van der Waals surface area contributed by atoms with E-state index in [0.29, 0.717) is 59.7 Å². The zero-order valence-corrected chi connectivity index (χ0v) is 26.6. The summed E-state index contributed by atoms with van der Waals surface area (Å²) in [6.07, 6.45) is 1.46. The maximum atomic E-state index is 13.6. The molecule has 0 saturated carbocycles.